The maximum atomic E-state index is 11.2. The Morgan fingerprint density at radius 2 is 2.38 bits per heavy atom. The van der Waals surface area contributed by atoms with Crippen molar-refractivity contribution in [3.8, 4) is 0 Å². The van der Waals surface area contributed by atoms with Crippen molar-refractivity contribution in [1.82, 2.24) is 4.98 Å². The molecule has 0 aliphatic carbocycles. The fourth-order valence-corrected chi connectivity index (χ4v) is 1.40. The molecular formula is C8H13N3OS. The quantitative estimate of drug-likeness (QED) is 0.710. The summed E-state index contributed by atoms with van der Waals surface area (Å²) in [6.07, 6.45) is 3.27. The average molecular weight is 199 g/mol. The van der Waals surface area contributed by atoms with Crippen LogP contribution in [-0.2, 0) is 17.9 Å². The number of rotatable bonds is 3. The molecule has 0 bridgehead atoms. The number of anilines is 1. The van der Waals surface area contributed by atoms with Crippen LogP contribution in [0.25, 0.3) is 0 Å². The third kappa shape index (κ3) is 2.33. The molecule has 0 amide bonds. The van der Waals surface area contributed by atoms with Gasteiger partial charge in [-0.2, -0.15) is 4.31 Å². The van der Waals surface area contributed by atoms with E-state index in [2.05, 4.69) is 4.98 Å². The van der Waals surface area contributed by atoms with Gasteiger partial charge in [-0.25, -0.2) is 4.98 Å². The minimum atomic E-state index is -1.06. The smallest absolute Gasteiger partial charge is 0.177 e. The second-order valence-corrected chi connectivity index (χ2v) is 4.01. The highest BCUT2D eigenvalue weighted by molar-refractivity contribution is 7.92. The van der Waals surface area contributed by atoms with E-state index < -0.39 is 11.4 Å². The van der Waals surface area contributed by atoms with Crippen molar-refractivity contribution in [1.29, 1.82) is 0 Å². The third-order valence-corrected chi connectivity index (χ3v) is 2.72. The molecule has 5 heteroatoms. The van der Waals surface area contributed by atoms with Crippen molar-refractivity contribution in [2.45, 2.75) is 6.54 Å². The highest BCUT2D eigenvalue weighted by Gasteiger charge is 2.14. The van der Waals surface area contributed by atoms with Crippen LogP contribution >= 0.6 is 0 Å². The summed E-state index contributed by atoms with van der Waals surface area (Å²) >= 11 is -1.06. The summed E-state index contributed by atoms with van der Waals surface area (Å²) in [6, 6.07) is 3.70. The zero-order valence-electron chi connectivity index (χ0n) is 7.73. The number of hydrogen-bond donors (Lipinski definition) is 1. The molecular weight excluding hydrogens is 186 g/mol. The highest BCUT2D eigenvalue weighted by Crippen LogP contribution is 2.16. The molecule has 0 saturated heterocycles. The van der Waals surface area contributed by atoms with Crippen LogP contribution < -0.4 is 10.0 Å². The first kappa shape index (κ1) is 10.3. The Balaban J connectivity index is 2.98. The molecule has 1 aromatic heterocycles. The Hall–Kier alpha value is -0.780. The van der Waals surface area contributed by atoms with Gasteiger partial charge in [0.15, 0.2) is 5.82 Å². The molecule has 1 aromatic rings. The lowest BCUT2D eigenvalue weighted by atomic mass is 10.2. The maximum Gasteiger partial charge on any atom is 0.177 e. The number of pyridine rings is 1. The summed E-state index contributed by atoms with van der Waals surface area (Å²) < 4.78 is 12.8. The first-order valence-corrected chi connectivity index (χ1v) is 5.39. The van der Waals surface area contributed by atoms with Crippen molar-refractivity contribution in [2.24, 2.45) is 5.73 Å². The van der Waals surface area contributed by atoms with Crippen LogP contribution in [-0.4, -0.2) is 22.8 Å². The van der Waals surface area contributed by atoms with Gasteiger partial charge in [0.2, 0.25) is 0 Å². The predicted molar refractivity (Wildman–Crippen MR) is 54.6 cm³/mol. The van der Waals surface area contributed by atoms with Crippen LogP contribution in [0.4, 0.5) is 5.82 Å². The molecule has 2 N–H and O–H groups in total. The topological polar surface area (TPSA) is 65.2 Å². The summed E-state index contributed by atoms with van der Waals surface area (Å²) in [5, 5.41) is 0. The Labute approximate surface area is 81.1 Å². The first-order chi connectivity index (χ1) is 6.16. The van der Waals surface area contributed by atoms with E-state index in [-0.39, 0.29) is 0 Å². The van der Waals surface area contributed by atoms with E-state index in [1.807, 2.05) is 12.1 Å². The van der Waals surface area contributed by atoms with Crippen LogP contribution in [0.5, 0.6) is 0 Å². The van der Waals surface area contributed by atoms with Gasteiger partial charge in [0, 0.05) is 18.3 Å². The SMILES string of the molecule is CN(c1ncccc1CN)[S+](C)[O-]. The van der Waals surface area contributed by atoms with Gasteiger partial charge >= 0.3 is 0 Å². The van der Waals surface area contributed by atoms with E-state index >= 15 is 0 Å². The lowest BCUT2D eigenvalue weighted by molar-refractivity contribution is 0.598. The molecule has 0 radical (unpaired) electrons. The molecule has 0 spiro atoms. The fraction of sp³-hybridized carbons (Fsp3) is 0.375. The van der Waals surface area contributed by atoms with Crippen LogP contribution in [0.2, 0.25) is 0 Å². The van der Waals surface area contributed by atoms with Crippen LogP contribution in [0.15, 0.2) is 18.3 Å². The predicted octanol–water partition coefficient (Wildman–Crippen LogP) is 0.270. The molecule has 1 heterocycles. The normalized spacial score (nSPS) is 12.6. The van der Waals surface area contributed by atoms with Crippen molar-refractivity contribution < 1.29 is 4.55 Å². The monoisotopic (exact) mass is 199 g/mol. The van der Waals surface area contributed by atoms with Crippen LogP contribution in [0.1, 0.15) is 5.56 Å². The van der Waals surface area contributed by atoms with Gasteiger partial charge in [0.05, 0.1) is 18.4 Å². The van der Waals surface area contributed by atoms with E-state index in [9.17, 15) is 4.55 Å². The highest BCUT2D eigenvalue weighted by atomic mass is 32.2. The molecule has 0 aromatic carbocycles. The summed E-state index contributed by atoms with van der Waals surface area (Å²) in [7, 11) is 1.73. The largest absolute Gasteiger partial charge is 0.593 e. The van der Waals surface area contributed by atoms with Crippen molar-refractivity contribution in [3.63, 3.8) is 0 Å². The zero-order valence-corrected chi connectivity index (χ0v) is 8.54. The van der Waals surface area contributed by atoms with Crippen molar-refractivity contribution >= 4 is 17.2 Å². The molecule has 1 rings (SSSR count). The minimum absolute atomic E-state index is 0.407. The maximum absolute atomic E-state index is 11.2. The summed E-state index contributed by atoms with van der Waals surface area (Å²) in [4.78, 5) is 4.12. The molecule has 0 fully saturated rings. The second-order valence-electron chi connectivity index (χ2n) is 2.61. The van der Waals surface area contributed by atoms with Gasteiger partial charge < -0.3 is 10.3 Å². The van der Waals surface area contributed by atoms with Crippen LogP contribution in [0, 0.1) is 0 Å². The molecule has 4 nitrogen and oxygen atoms in total. The Bertz CT molecular complexity index is 280. The van der Waals surface area contributed by atoms with E-state index in [0.717, 1.165) is 5.56 Å². The van der Waals surface area contributed by atoms with E-state index in [1.54, 1.807) is 23.8 Å². The molecule has 1 unspecified atom stereocenters. The summed E-state index contributed by atoms with van der Waals surface area (Å²) in [5.41, 5.74) is 6.43. The molecule has 0 aliphatic rings. The average Bonchev–Trinajstić information content (AvgIpc) is 2.16. The molecule has 0 aliphatic heterocycles. The lowest BCUT2D eigenvalue weighted by Gasteiger charge is -2.19. The van der Waals surface area contributed by atoms with Gasteiger partial charge in [-0.05, 0) is 6.07 Å². The molecule has 0 saturated carbocycles. The Morgan fingerprint density at radius 1 is 1.69 bits per heavy atom. The van der Waals surface area contributed by atoms with E-state index in [4.69, 9.17) is 5.73 Å². The third-order valence-electron chi connectivity index (χ3n) is 1.77. The Kier molecular flexibility index (Phi) is 3.53. The van der Waals surface area contributed by atoms with Crippen LogP contribution in [0.3, 0.4) is 0 Å². The standard InChI is InChI=1S/C8H13N3OS/c1-11(13(2)12)8-7(6-9)4-3-5-10-8/h3-5H,6,9H2,1-2H3. The first-order valence-electron chi connectivity index (χ1n) is 3.88. The molecule has 72 valence electrons. The van der Waals surface area contributed by atoms with E-state index in [1.165, 1.54) is 0 Å². The zero-order chi connectivity index (χ0) is 9.84. The van der Waals surface area contributed by atoms with Gasteiger partial charge in [0.25, 0.3) is 0 Å². The van der Waals surface area contributed by atoms with Gasteiger partial charge in [-0.3, -0.25) is 0 Å². The summed E-state index contributed by atoms with van der Waals surface area (Å²) in [5.74, 6) is 0.686. The van der Waals surface area contributed by atoms with Gasteiger partial charge in [-0.1, -0.05) is 6.07 Å². The molecule has 1 atom stereocenters. The van der Waals surface area contributed by atoms with Crippen molar-refractivity contribution in [2.75, 3.05) is 17.6 Å². The van der Waals surface area contributed by atoms with E-state index in [0.29, 0.717) is 12.4 Å². The summed E-state index contributed by atoms with van der Waals surface area (Å²) in [6.45, 7) is 0.407. The number of nitrogens with zero attached hydrogens (tertiary/aromatic N) is 2. The second kappa shape index (κ2) is 4.45. The Morgan fingerprint density at radius 3 is 2.92 bits per heavy atom. The number of aromatic nitrogens is 1. The number of nitrogens with two attached hydrogens (primary N) is 1. The van der Waals surface area contributed by atoms with Gasteiger partial charge in [-0.15, -0.1) is 0 Å². The van der Waals surface area contributed by atoms with Gasteiger partial charge in [0.1, 0.15) is 6.26 Å². The lowest BCUT2D eigenvalue weighted by Crippen LogP contribution is -2.27. The molecule has 13 heavy (non-hydrogen) atoms. The van der Waals surface area contributed by atoms with Crippen molar-refractivity contribution in [3.05, 3.63) is 23.9 Å². The fourth-order valence-electron chi connectivity index (χ4n) is 0.995. The number of hydrogen-bond acceptors (Lipinski definition) is 4. The minimum Gasteiger partial charge on any atom is -0.593 e.